The molecule has 136 valence electrons. The Kier molecular flexibility index (Phi) is 4.07. The summed E-state index contributed by atoms with van der Waals surface area (Å²) in [7, 11) is 0. The highest BCUT2D eigenvalue weighted by atomic mass is 15.1. The number of hydrogen-bond donors (Lipinski definition) is 2. The first-order chi connectivity index (χ1) is 13.8. The van der Waals surface area contributed by atoms with Gasteiger partial charge in [0.2, 0.25) is 0 Å². The number of pyridine rings is 2. The Morgan fingerprint density at radius 3 is 2.68 bits per heavy atom. The molecule has 0 spiro atoms. The molecule has 3 heterocycles. The second-order valence-corrected chi connectivity index (χ2v) is 6.84. The summed E-state index contributed by atoms with van der Waals surface area (Å²) in [5.41, 5.74) is 10.9. The summed E-state index contributed by atoms with van der Waals surface area (Å²) in [5, 5.41) is 10.9. The fourth-order valence-corrected chi connectivity index (χ4v) is 3.68. The van der Waals surface area contributed by atoms with Gasteiger partial charge in [-0.25, -0.2) is 4.98 Å². The quantitative estimate of drug-likeness (QED) is 0.498. The van der Waals surface area contributed by atoms with Crippen molar-refractivity contribution in [3.05, 3.63) is 90.4 Å². The van der Waals surface area contributed by atoms with Crippen molar-refractivity contribution in [2.24, 2.45) is 5.73 Å². The summed E-state index contributed by atoms with van der Waals surface area (Å²) in [5.74, 6) is 0.0546. The normalized spacial score (nSPS) is 12.5. The number of rotatable bonds is 4. The molecule has 0 amide bonds. The molecule has 3 aromatic heterocycles. The Morgan fingerprint density at radius 2 is 1.82 bits per heavy atom. The average molecular weight is 365 g/mol. The zero-order chi connectivity index (χ0) is 18.9. The number of nitrogens with zero attached hydrogens (tertiary/aromatic N) is 3. The number of hydrogen-bond acceptors (Lipinski definition) is 4. The Labute approximate surface area is 162 Å². The van der Waals surface area contributed by atoms with Crippen LogP contribution >= 0.6 is 0 Å². The lowest BCUT2D eigenvalue weighted by molar-refractivity contribution is 0.791. The number of aromatic nitrogens is 4. The first kappa shape index (κ1) is 16.6. The smallest absolute Gasteiger partial charge is 0.181 e. The van der Waals surface area contributed by atoms with E-state index in [-0.39, 0.29) is 5.92 Å². The van der Waals surface area contributed by atoms with Crippen LogP contribution in [0.5, 0.6) is 0 Å². The van der Waals surface area contributed by atoms with Crippen molar-refractivity contribution in [3.8, 4) is 11.3 Å². The minimum absolute atomic E-state index is 0.0546. The number of fused-ring (bicyclic) bond motifs is 2. The van der Waals surface area contributed by atoms with Gasteiger partial charge in [0.25, 0.3) is 0 Å². The zero-order valence-electron chi connectivity index (χ0n) is 15.2. The van der Waals surface area contributed by atoms with Crippen LogP contribution in [0.25, 0.3) is 33.1 Å². The molecule has 5 nitrogen and oxygen atoms in total. The van der Waals surface area contributed by atoms with Gasteiger partial charge in [-0.3, -0.25) is 10.1 Å². The number of nitrogens with two attached hydrogens (primary N) is 1. The Balaban J connectivity index is 1.57. The molecule has 0 fully saturated rings. The zero-order valence-corrected chi connectivity index (χ0v) is 15.2. The molecule has 3 N–H and O–H groups in total. The van der Waals surface area contributed by atoms with E-state index in [2.05, 4.69) is 57.6 Å². The molecule has 1 unspecified atom stereocenters. The summed E-state index contributed by atoms with van der Waals surface area (Å²) in [6.45, 7) is 0.499. The van der Waals surface area contributed by atoms with Crippen molar-refractivity contribution in [1.29, 1.82) is 0 Å². The van der Waals surface area contributed by atoms with Gasteiger partial charge in [0.1, 0.15) is 0 Å². The van der Waals surface area contributed by atoms with E-state index in [1.54, 1.807) is 0 Å². The Morgan fingerprint density at radius 1 is 0.929 bits per heavy atom. The van der Waals surface area contributed by atoms with Crippen LogP contribution < -0.4 is 5.73 Å². The lowest BCUT2D eigenvalue weighted by atomic mass is 9.95. The van der Waals surface area contributed by atoms with Gasteiger partial charge in [0.05, 0.1) is 11.4 Å². The fourth-order valence-electron chi connectivity index (χ4n) is 3.68. The molecular weight excluding hydrogens is 346 g/mol. The molecular formula is C23H19N5. The van der Waals surface area contributed by atoms with Crippen LogP contribution in [0.4, 0.5) is 0 Å². The average Bonchev–Trinajstić information content (AvgIpc) is 3.18. The van der Waals surface area contributed by atoms with Gasteiger partial charge in [-0.1, -0.05) is 42.5 Å². The summed E-state index contributed by atoms with van der Waals surface area (Å²) >= 11 is 0. The van der Waals surface area contributed by atoms with E-state index < -0.39 is 0 Å². The lowest BCUT2D eigenvalue weighted by Crippen LogP contribution is -2.15. The lowest BCUT2D eigenvalue weighted by Gasteiger charge is -2.14. The fraction of sp³-hybridized carbons (Fsp3) is 0.0870. The van der Waals surface area contributed by atoms with E-state index in [4.69, 9.17) is 10.7 Å². The second kappa shape index (κ2) is 6.87. The first-order valence-corrected chi connectivity index (χ1v) is 9.27. The third-order valence-electron chi connectivity index (χ3n) is 5.16. The van der Waals surface area contributed by atoms with Crippen molar-refractivity contribution in [3.63, 3.8) is 0 Å². The van der Waals surface area contributed by atoms with Crippen LogP contribution in [0.1, 0.15) is 17.2 Å². The molecule has 5 heteroatoms. The topological polar surface area (TPSA) is 80.5 Å². The van der Waals surface area contributed by atoms with E-state index in [1.807, 2.05) is 36.7 Å². The minimum atomic E-state index is 0.0546. The molecule has 0 saturated carbocycles. The third-order valence-corrected chi connectivity index (χ3v) is 5.16. The Hall–Kier alpha value is -3.57. The van der Waals surface area contributed by atoms with E-state index in [9.17, 15) is 0 Å². The van der Waals surface area contributed by atoms with Crippen molar-refractivity contribution in [2.45, 2.75) is 5.92 Å². The van der Waals surface area contributed by atoms with Crippen LogP contribution in [-0.2, 0) is 0 Å². The first-order valence-electron chi connectivity index (χ1n) is 9.27. The van der Waals surface area contributed by atoms with Gasteiger partial charge in [-0.2, -0.15) is 5.10 Å². The number of H-pyrrole nitrogens is 1. The van der Waals surface area contributed by atoms with Crippen molar-refractivity contribution >= 4 is 21.8 Å². The SMILES string of the molecule is NCC(c1ccccc1)c1ccc2c(-c3ccc4cnccc4c3)[nH]nc2n1. The maximum Gasteiger partial charge on any atom is 0.181 e. The van der Waals surface area contributed by atoms with Crippen LogP contribution in [0.3, 0.4) is 0 Å². The maximum absolute atomic E-state index is 6.06. The predicted molar refractivity (Wildman–Crippen MR) is 112 cm³/mol. The summed E-state index contributed by atoms with van der Waals surface area (Å²) < 4.78 is 0. The summed E-state index contributed by atoms with van der Waals surface area (Å²) in [6.07, 6.45) is 3.68. The van der Waals surface area contributed by atoms with E-state index >= 15 is 0 Å². The number of nitrogens with one attached hydrogen (secondary N) is 1. The van der Waals surface area contributed by atoms with Gasteiger partial charge in [-0.15, -0.1) is 0 Å². The minimum Gasteiger partial charge on any atom is -0.329 e. The van der Waals surface area contributed by atoms with E-state index in [1.165, 1.54) is 0 Å². The van der Waals surface area contributed by atoms with Crippen molar-refractivity contribution in [1.82, 2.24) is 20.2 Å². The van der Waals surface area contributed by atoms with Crippen molar-refractivity contribution < 1.29 is 0 Å². The van der Waals surface area contributed by atoms with Crippen molar-refractivity contribution in [2.75, 3.05) is 6.54 Å². The highest BCUT2D eigenvalue weighted by Gasteiger charge is 2.16. The second-order valence-electron chi connectivity index (χ2n) is 6.84. The van der Waals surface area contributed by atoms with Gasteiger partial charge in [0.15, 0.2) is 5.65 Å². The monoisotopic (exact) mass is 365 g/mol. The maximum atomic E-state index is 6.06. The number of aromatic amines is 1. The molecule has 0 saturated heterocycles. The Bertz CT molecular complexity index is 1260. The standard InChI is InChI=1S/C23H19N5/c24-13-20(15-4-2-1-3-5-15)21-9-8-19-22(27-28-23(19)26-21)17-6-7-18-14-25-11-10-16(18)12-17/h1-12,14,20H,13,24H2,(H,26,27,28). The molecule has 0 aliphatic carbocycles. The van der Waals surface area contributed by atoms with Gasteiger partial charge >= 0.3 is 0 Å². The summed E-state index contributed by atoms with van der Waals surface area (Å²) in [6, 6.07) is 22.7. The highest BCUT2D eigenvalue weighted by molar-refractivity contribution is 5.94. The van der Waals surface area contributed by atoms with Crippen LogP contribution in [-0.4, -0.2) is 26.7 Å². The molecule has 0 bridgehead atoms. The van der Waals surface area contributed by atoms with Gasteiger partial charge < -0.3 is 5.73 Å². The summed E-state index contributed by atoms with van der Waals surface area (Å²) in [4.78, 5) is 8.97. The molecule has 0 aliphatic rings. The molecule has 5 aromatic rings. The number of benzene rings is 2. The molecule has 2 aromatic carbocycles. The molecule has 0 radical (unpaired) electrons. The van der Waals surface area contributed by atoms with Gasteiger partial charge in [0, 0.05) is 41.2 Å². The molecule has 1 atom stereocenters. The molecule has 5 rings (SSSR count). The van der Waals surface area contributed by atoms with Crippen LogP contribution in [0.2, 0.25) is 0 Å². The van der Waals surface area contributed by atoms with Crippen LogP contribution in [0.15, 0.2) is 79.1 Å². The molecule has 28 heavy (non-hydrogen) atoms. The predicted octanol–water partition coefficient (Wildman–Crippen LogP) is 4.26. The third kappa shape index (κ3) is 2.82. The van der Waals surface area contributed by atoms with E-state index in [0.717, 1.165) is 38.7 Å². The van der Waals surface area contributed by atoms with Crippen LogP contribution in [0, 0.1) is 0 Å². The largest absolute Gasteiger partial charge is 0.329 e. The van der Waals surface area contributed by atoms with Gasteiger partial charge in [-0.05, 0) is 35.2 Å². The van der Waals surface area contributed by atoms with E-state index in [0.29, 0.717) is 12.2 Å². The molecule has 0 aliphatic heterocycles. The highest BCUT2D eigenvalue weighted by Crippen LogP contribution is 2.30.